The third-order valence-corrected chi connectivity index (χ3v) is 2.15. The molecule has 6 nitrogen and oxygen atoms in total. The number of hydrogen-bond donors (Lipinski definition) is 1. The van der Waals surface area contributed by atoms with Crippen LogP contribution in [0, 0.1) is 18.3 Å². The van der Waals surface area contributed by atoms with E-state index >= 15 is 0 Å². The Morgan fingerprint density at radius 3 is 3.05 bits per heavy atom. The highest BCUT2D eigenvalue weighted by atomic mass is 16.7. The van der Waals surface area contributed by atoms with Crippen molar-refractivity contribution < 1.29 is 14.2 Å². The number of nitriles is 1. The van der Waals surface area contributed by atoms with Gasteiger partial charge in [-0.1, -0.05) is 18.2 Å². The maximum absolute atomic E-state index is 11.7. The quantitative estimate of drug-likeness (QED) is 0.482. The van der Waals surface area contributed by atoms with Gasteiger partial charge in [0.1, 0.15) is 11.3 Å². The highest BCUT2D eigenvalue weighted by molar-refractivity contribution is 5.94. The van der Waals surface area contributed by atoms with Crippen molar-refractivity contribution in [2.24, 2.45) is 0 Å². The van der Waals surface area contributed by atoms with Crippen LogP contribution in [0.4, 0.5) is 0 Å². The Bertz CT molecular complexity index is 523. The monoisotopic (exact) mass is 261 g/mol. The van der Waals surface area contributed by atoms with E-state index in [1.807, 2.05) is 13.0 Å². The predicted octanol–water partition coefficient (Wildman–Crippen LogP) is 2.41. The number of nitrogens with zero attached hydrogens (tertiary/aromatic N) is 2. The van der Waals surface area contributed by atoms with Gasteiger partial charge in [-0.3, -0.25) is 4.79 Å². The highest BCUT2D eigenvalue weighted by Gasteiger charge is 2.13. The molecule has 0 spiro atoms. The van der Waals surface area contributed by atoms with Crippen LogP contribution in [0.1, 0.15) is 35.9 Å². The van der Waals surface area contributed by atoms with Gasteiger partial charge in [-0.2, -0.15) is 10.7 Å². The summed E-state index contributed by atoms with van der Waals surface area (Å²) in [6.07, 6.45) is 7.42. The first-order chi connectivity index (χ1) is 9.19. The molecule has 0 aliphatic rings. The molecule has 1 aromatic rings. The van der Waals surface area contributed by atoms with E-state index in [2.05, 4.69) is 10.6 Å². The number of amides is 1. The molecule has 0 saturated carbocycles. The zero-order chi connectivity index (χ0) is 14.1. The maximum Gasteiger partial charge on any atom is 0.289 e. The second-order valence-electron chi connectivity index (χ2n) is 3.61. The largest absolute Gasteiger partial charge is 0.380 e. The predicted molar refractivity (Wildman–Crippen MR) is 67.5 cm³/mol. The van der Waals surface area contributed by atoms with Gasteiger partial charge in [0.25, 0.3) is 5.91 Å². The minimum atomic E-state index is -0.436. The molecule has 1 heterocycles. The van der Waals surface area contributed by atoms with Crippen molar-refractivity contribution >= 4 is 5.91 Å². The minimum Gasteiger partial charge on any atom is -0.380 e. The lowest BCUT2D eigenvalue weighted by atomic mass is 10.3. The fourth-order valence-electron chi connectivity index (χ4n) is 1.25. The average Bonchev–Trinajstić information content (AvgIpc) is 2.82. The molecule has 0 aliphatic heterocycles. The maximum atomic E-state index is 11.7. The van der Waals surface area contributed by atoms with E-state index in [4.69, 9.17) is 14.6 Å². The second kappa shape index (κ2) is 7.71. The van der Waals surface area contributed by atoms with Crippen LogP contribution in [0.3, 0.4) is 0 Å². The van der Waals surface area contributed by atoms with Crippen molar-refractivity contribution in [2.45, 2.75) is 26.7 Å². The molecule has 0 bridgehead atoms. The first-order valence-corrected chi connectivity index (χ1v) is 5.81. The minimum absolute atomic E-state index is 0.281. The van der Waals surface area contributed by atoms with Crippen molar-refractivity contribution in [2.75, 3.05) is 0 Å². The van der Waals surface area contributed by atoms with Crippen LogP contribution in [0.25, 0.3) is 0 Å². The molecule has 6 heteroatoms. The van der Waals surface area contributed by atoms with Crippen LogP contribution in [0.2, 0.25) is 0 Å². The third kappa shape index (κ3) is 4.68. The summed E-state index contributed by atoms with van der Waals surface area (Å²) in [6, 6.07) is 1.98. The van der Waals surface area contributed by atoms with Crippen LogP contribution in [-0.4, -0.2) is 11.1 Å². The summed E-state index contributed by atoms with van der Waals surface area (Å²) in [7, 11) is 0. The summed E-state index contributed by atoms with van der Waals surface area (Å²) in [6.45, 7) is 3.57. The Morgan fingerprint density at radius 2 is 2.47 bits per heavy atom. The number of rotatable bonds is 6. The van der Waals surface area contributed by atoms with Gasteiger partial charge in [0.2, 0.25) is 0 Å². The van der Waals surface area contributed by atoms with E-state index in [0.717, 1.165) is 6.42 Å². The van der Waals surface area contributed by atoms with Crippen LogP contribution in [0.15, 0.2) is 34.7 Å². The van der Waals surface area contributed by atoms with Crippen LogP contribution < -0.4 is 5.48 Å². The van der Waals surface area contributed by atoms with Gasteiger partial charge in [-0.25, -0.2) is 0 Å². The smallest absolute Gasteiger partial charge is 0.289 e. The number of allylic oxidation sites excluding steroid dienone is 3. The molecule has 0 radical (unpaired) electrons. The SMILES string of the molecule is CC/C=C(\C=C/CC#N)ONC(=O)c1cnoc1C. The van der Waals surface area contributed by atoms with Gasteiger partial charge < -0.3 is 9.36 Å². The zero-order valence-electron chi connectivity index (χ0n) is 10.8. The topological polar surface area (TPSA) is 88.1 Å². The number of nitrogens with one attached hydrogen (secondary N) is 1. The summed E-state index contributed by atoms with van der Waals surface area (Å²) >= 11 is 0. The first-order valence-electron chi connectivity index (χ1n) is 5.81. The molecule has 100 valence electrons. The van der Waals surface area contributed by atoms with Gasteiger partial charge in [-0.05, 0) is 25.5 Å². The molecule has 0 atom stereocenters. The van der Waals surface area contributed by atoms with E-state index in [0.29, 0.717) is 17.1 Å². The molecule has 1 rings (SSSR count). The lowest BCUT2D eigenvalue weighted by Crippen LogP contribution is -2.23. The molecular weight excluding hydrogens is 246 g/mol. The fourth-order valence-corrected chi connectivity index (χ4v) is 1.25. The standard InChI is InChI=1S/C13H15N3O3/c1-3-6-11(7-4-5-8-14)19-16-13(17)12-9-15-18-10(12)2/h4,6-7,9H,3,5H2,1-2H3,(H,16,17)/b7-4-,11-6+. The van der Waals surface area contributed by atoms with E-state index in [1.165, 1.54) is 6.20 Å². The molecule has 0 aliphatic carbocycles. The lowest BCUT2D eigenvalue weighted by molar-refractivity contribution is 0.0604. The van der Waals surface area contributed by atoms with Gasteiger partial charge in [0, 0.05) is 0 Å². The zero-order valence-corrected chi connectivity index (χ0v) is 10.8. The number of hydroxylamine groups is 1. The molecule has 19 heavy (non-hydrogen) atoms. The Kier molecular flexibility index (Phi) is 5.89. The Balaban J connectivity index is 2.58. The fraction of sp³-hybridized carbons (Fsp3) is 0.308. The Labute approximate surface area is 111 Å². The van der Waals surface area contributed by atoms with E-state index < -0.39 is 5.91 Å². The van der Waals surface area contributed by atoms with Crippen molar-refractivity contribution in [1.82, 2.24) is 10.6 Å². The van der Waals surface area contributed by atoms with Crippen molar-refractivity contribution in [3.05, 3.63) is 41.5 Å². The van der Waals surface area contributed by atoms with Gasteiger partial charge in [0.15, 0.2) is 5.76 Å². The number of carbonyl (C=O) groups excluding carboxylic acids is 1. The summed E-state index contributed by atoms with van der Waals surface area (Å²) in [5, 5.41) is 11.9. The molecule has 1 aromatic heterocycles. The second-order valence-corrected chi connectivity index (χ2v) is 3.61. The molecule has 0 unspecified atom stereocenters. The lowest BCUT2D eigenvalue weighted by Gasteiger charge is -2.06. The van der Waals surface area contributed by atoms with E-state index in [-0.39, 0.29) is 6.42 Å². The molecule has 1 N–H and O–H groups in total. The van der Waals surface area contributed by atoms with Gasteiger partial charge in [-0.15, -0.1) is 0 Å². The highest BCUT2D eigenvalue weighted by Crippen LogP contribution is 2.07. The molecule has 1 amide bonds. The average molecular weight is 261 g/mol. The first kappa shape index (κ1) is 14.5. The number of aryl methyl sites for hydroxylation is 1. The molecule has 0 saturated heterocycles. The number of hydrogen-bond acceptors (Lipinski definition) is 5. The summed E-state index contributed by atoms with van der Waals surface area (Å²) < 4.78 is 4.79. The molecule has 0 aromatic carbocycles. The van der Waals surface area contributed by atoms with Gasteiger partial charge >= 0.3 is 0 Å². The van der Waals surface area contributed by atoms with Crippen LogP contribution in [-0.2, 0) is 4.84 Å². The van der Waals surface area contributed by atoms with Gasteiger partial charge in [0.05, 0.1) is 18.7 Å². The normalized spacial score (nSPS) is 11.3. The Morgan fingerprint density at radius 1 is 1.68 bits per heavy atom. The molecule has 0 fully saturated rings. The Hall–Kier alpha value is -2.55. The van der Waals surface area contributed by atoms with Crippen molar-refractivity contribution in [3.8, 4) is 6.07 Å². The summed E-state index contributed by atoms with van der Waals surface area (Å²) in [4.78, 5) is 16.9. The van der Waals surface area contributed by atoms with Crippen LogP contribution >= 0.6 is 0 Å². The van der Waals surface area contributed by atoms with E-state index in [9.17, 15) is 4.79 Å². The number of carbonyl (C=O) groups is 1. The van der Waals surface area contributed by atoms with Crippen molar-refractivity contribution in [3.63, 3.8) is 0 Å². The third-order valence-electron chi connectivity index (χ3n) is 2.15. The van der Waals surface area contributed by atoms with E-state index in [1.54, 1.807) is 25.2 Å². The van der Waals surface area contributed by atoms with Crippen LogP contribution in [0.5, 0.6) is 0 Å². The summed E-state index contributed by atoms with van der Waals surface area (Å²) in [5.41, 5.74) is 2.61. The summed E-state index contributed by atoms with van der Waals surface area (Å²) in [5.74, 6) is 0.455. The van der Waals surface area contributed by atoms with Crippen molar-refractivity contribution in [1.29, 1.82) is 5.26 Å². The number of aromatic nitrogens is 1. The molecular formula is C13H15N3O3.